The zero-order valence-electron chi connectivity index (χ0n) is 10.6. The average molecular weight is 268 g/mol. The molecule has 0 radical (unpaired) electrons. The number of nitro benzene ring substituents is 1. The van der Waals surface area contributed by atoms with Gasteiger partial charge in [-0.1, -0.05) is 0 Å². The summed E-state index contributed by atoms with van der Waals surface area (Å²) in [4.78, 5) is 22.8. The number of benzene rings is 1. The number of rotatable bonds is 8. The molecule has 0 amide bonds. The summed E-state index contributed by atoms with van der Waals surface area (Å²) in [5.41, 5.74) is 0.446. The lowest BCUT2D eigenvalue weighted by Crippen LogP contribution is -2.30. The minimum Gasteiger partial charge on any atom is -0.395 e. The summed E-state index contributed by atoms with van der Waals surface area (Å²) < 4.78 is 4.94. The highest BCUT2D eigenvalue weighted by molar-refractivity contribution is 5.79. The van der Waals surface area contributed by atoms with Gasteiger partial charge in [0.05, 0.1) is 18.1 Å². The molecule has 0 unspecified atom stereocenters. The van der Waals surface area contributed by atoms with Gasteiger partial charge in [-0.25, -0.2) is 0 Å². The van der Waals surface area contributed by atoms with E-state index in [1.165, 1.54) is 25.3 Å². The minimum atomic E-state index is -0.542. The molecule has 1 aromatic carbocycles. The van der Waals surface area contributed by atoms with Crippen LogP contribution in [0.2, 0.25) is 0 Å². The lowest BCUT2D eigenvalue weighted by atomic mass is 10.1. The Kier molecular flexibility index (Phi) is 5.91. The van der Waals surface area contributed by atoms with Gasteiger partial charge in [-0.05, 0) is 12.1 Å². The molecular formula is C12H16N2O5. The van der Waals surface area contributed by atoms with Crippen molar-refractivity contribution >= 4 is 17.7 Å². The van der Waals surface area contributed by atoms with Crippen molar-refractivity contribution in [2.45, 2.75) is 0 Å². The first-order valence-electron chi connectivity index (χ1n) is 5.72. The number of carbonyl (C=O) groups is 1. The zero-order chi connectivity index (χ0) is 14.3. The Labute approximate surface area is 110 Å². The number of aldehydes is 1. The first kappa shape index (κ1) is 15.1. The highest BCUT2D eigenvalue weighted by Crippen LogP contribution is 2.28. The SMILES string of the molecule is COCCN(CCO)c1ccc(C=O)cc1[N+](=O)[O-]. The van der Waals surface area contributed by atoms with Gasteiger partial charge in [-0.3, -0.25) is 14.9 Å². The first-order chi connectivity index (χ1) is 9.13. The van der Waals surface area contributed by atoms with E-state index in [0.29, 0.717) is 25.1 Å². The predicted octanol–water partition coefficient (Wildman–Crippen LogP) is 0.852. The highest BCUT2D eigenvalue weighted by atomic mass is 16.6. The van der Waals surface area contributed by atoms with Crippen LogP contribution in [0, 0.1) is 10.1 Å². The Bertz CT molecular complexity index is 450. The van der Waals surface area contributed by atoms with Gasteiger partial charge in [-0.2, -0.15) is 0 Å². The van der Waals surface area contributed by atoms with Crippen molar-refractivity contribution in [2.75, 3.05) is 38.3 Å². The molecule has 1 aromatic rings. The van der Waals surface area contributed by atoms with E-state index in [0.717, 1.165) is 0 Å². The summed E-state index contributed by atoms with van der Waals surface area (Å²) in [7, 11) is 1.53. The van der Waals surface area contributed by atoms with E-state index in [4.69, 9.17) is 9.84 Å². The second kappa shape index (κ2) is 7.45. The van der Waals surface area contributed by atoms with Crippen molar-refractivity contribution in [2.24, 2.45) is 0 Å². The topological polar surface area (TPSA) is 92.9 Å². The van der Waals surface area contributed by atoms with E-state index in [1.54, 1.807) is 4.90 Å². The quantitative estimate of drug-likeness (QED) is 0.427. The second-order valence-electron chi connectivity index (χ2n) is 3.83. The van der Waals surface area contributed by atoms with Crippen LogP contribution in [0.5, 0.6) is 0 Å². The Morgan fingerprint density at radius 3 is 2.74 bits per heavy atom. The summed E-state index contributed by atoms with van der Waals surface area (Å²) >= 11 is 0. The third-order valence-electron chi connectivity index (χ3n) is 2.61. The lowest BCUT2D eigenvalue weighted by Gasteiger charge is -2.23. The molecule has 7 nitrogen and oxygen atoms in total. The highest BCUT2D eigenvalue weighted by Gasteiger charge is 2.19. The summed E-state index contributed by atoms with van der Waals surface area (Å²) in [5, 5.41) is 20.1. The first-order valence-corrected chi connectivity index (χ1v) is 5.72. The van der Waals surface area contributed by atoms with Crippen LogP contribution in [0.15, 0.2) is 18.2 Å². The molecule has 1 rings (SSSR count). The molecule has 0 aromatic heterocycles. The lowest BCUT2D eigenvalue weighted by molar-refractivity contribution is -0.384. The normalized spacial score (nSPS) is 10.2. The number of hydrogen-bond acceptors (Lipinski definition) is 6. The molecule has 0 bridgehead atoms. The molecule has 0 fully saturated rings. The van der Waals surface area contributed by atoms with Gasteiger partial charge < -0.3 is 14.7 Å². The third kappa shape index (κ3) is 4.01. The minimum absolute atomic E-state index is 0.129. The van der Waals surface area contributed by atoms with Crippen LogP contribution in [-0.4, -0.2) is 49.7 Å². The van der Waals surface area contributed by atoms with Gasteiger partial charge in [0.15, 0.2) is 0 Å². The molecular weight excluding hydrogens is 252 g/mol. The number of nitro groups is 1. The fourth-order valence-electron chi connectivity index (χ4n) is 1.70. The second-order valence-corrected chi connectivity index (χ2v) is 3.83. The summed E-state index contributed by atoms with van der Waals surface area (Å²) in [6, 6.07) is 4.24. The van der Waals surface area contributed by atoms with Gasteiger partial charge in [0.1, 0.15) is 12.0 Å². The number of aliphatic hydroxyl groups excluding tert-OH is 1. The Morgan fingerprint density at radius 2 is 2.21 bits per heavy atom. The van der Waals surface area contributed by atoms with E-state index in [1.807, 2.05) is 0 Å². The van der Waals surface area contributed by atoms with Crippen LogP contribution in [0.1, 0.15) is 10.4 Å². The molecule has 0 aliphatic heterocycles. The number of nitrogens with zero attached hydrogens (tertiary/aromatic N) is 2. The molecule has 1 N–H and O–H groups in total. The van der Waals surface area contributed by atoms with Crippen LogP contribution >= 0.6 is 0 Å². The maximum atomic E-state index is 11.0. The number of carbonyl (C=O) groups excluding carboxylic acids is 1. The fraction of sp³-hybridized carbons (Fsp3) is 0.417. The standard InChI is InChI=1S/C12H16N2O5/c1-19-7-5-13(4-6-15)11-3-2-10(9-16)8-12(11)14(17)18/h2-3,8-9,15H,4-7H2,1H3. The zero-order valence-corrected chi connectivity index (χ0v) is 10.6. The summed E-state index contributed by atoms with van der Waals surface area (Å²) in [6.07, 6.45) is 0.558. The largest absolute Gasteiger partial charge is 0.395 e. The molecule has 0 atom stereocenters. The molecule has 0 aliphatic carbocycles. The Hall–Kier alpha value is -1.99. The van der Waals surface area contributed by atoms with Crippen LogP contribution in [0.3, 0.4) is 0 Å². The molecule has 104 valence electrons. The van der Waals surface area contributed by atoms with Crippen LogP contribution < -0.4 is 4.90 Å². The smallest absolute Gasteiger partial charge is 0.293 e. The molecule has 0 spiro atoms. The molecule has 7 heteroatoms. The number of hydrogen-bond donors (Lipinski definition) is 1. The molecule has 19 heavy (non-hydrogen) atoms. The van der Waals surface area contributed by atoms with E-state index < -0.39 is 4.92 Å². The van der Waals surface area contributed by atoms with E-state index >= 15 is 0 Å². The monoisotopic (exact) mass is 268 g/mol. The molecule has 0 heterocycles. The van der Waals surface area contributed by atoms with Gasteiger partial charge >= 0.3 is 0 Å². The summed E-state index contributed by atoms with van der Waals surface area (Å²) in [6.45, 7) is 0.922. The van der Waals surface area contributed by atoms with E-state index in [2.05, 4.69) is 0 Å². The predicted molar refractivity (Wildman–Crippen MR) is 69.7 cm³/mol. The van der Waals surface area contributed by atoms with Crippen LogP contribution in [-0.2, 0) is 4.74 Å². The number of methoxy groups -OCH3 is 1. The van der Waals surface area contributed by atoms with Gasteiger partial charge in [0.2, 0.25) is 0 Å². The number of ether oxygens (including phenoxy) is 1. The Balaban J connectivity index is 3.12. The van der Waals surface area contributed by atoms with Crippen LogP contribution in [0.25, 0.3) is 0 Å². The van der Waals surface area contributed by atoms with Gasteiger partial charge in [0, 0.05) is 31.8 Å². The number of aliphatic hydroxyl groups is 1. The summed E-state index contributed by atoms with van der Waals surface area (Å²) in [5.74, 6) is 0. The fourth-order valence-corrected chi connectivity index (χ4v) is 1.70. The van der Waals surface area contributed by atoms with Gasteiger partial charge in [-0.15, -0.1) is 0 Å². The van der Waals surface area contributed by atoms with E-state index in [9.17, 15) is 14.9 Å². The van der Waals surface area contributed by atoms with Crippen molar-refractivity contribution in [3.8, 4) is 0 Å². The van der Waals surface area contributed by atoms with Crippen molar-refractivity contribution < 1.29 is 19.6 Å². The average Bonchev–Trinajstić information content (AvgIpc) is 2.42. The van der Waals surface area contributed by atoms with Gasteiger partial charge in [0.25, 0.3) is 5.69 Å². The Morgan fingerprint density at radius 1 is 1.47 bits per heavy atom. The maximum absolute atomic E-state index is 11.0. The maximum Gasteiger partial charge on any atom is 0.293 e. The van der Waals surface area contributed by atoms with Crippen molar-refractivity contribution in [3.05, 3.63) is 33.9 Å². The molecule has 0 aliphatic rings. The molecule has 0 saturated heterocycles. The van der Waals surface area contributed by atoms with Crippen molar-refractivity contribution in [1.82, 2.24) is 0 Å². The molecule has 0 saturated carbocycles. The van der Waals surface area contributed by atoms with Crippen molar-refractivity contribution in [3.63, 3.8) is 0 Å². The number of anilines is 1. The van der Waals surface area contributed by atoms with Crippen molar-refractivity contribution in [1.29, 1.82) is 0 Å². The third-order valence-corrected chi connectivity index (χ3v) is 2.61. The van der Waals surface area contributed by atoms with Crippen LogP contribution in [0.4, 0.5) is 11.4 Å². The van der Waals surface area contributed by atoms with E-state index in [-0.39, 0.29) is 24.4 Å².